The largest absolute Gasteiger partial charge is 0.419 e. The molecule has 3 aromatic rings. The van der Waals surface area contributed by atoms with Gasteiger partial charge in [0.2, 0.25) is 0 Å². The smallest absolute Gasteiger partial charge is 0.351 e. The molecule has 2 aromatic carbocycles. The molecule has 3 amide bonds. The number of carbonyl (C=O) groups excluding carboxylic acids is 2. The minimum absolute atomic E-state index is 0.0653. The Kier molecular flexibility index (Phi) is 5.52. The van der Waals surface area contributed by atoms with Crippen LogP contribution in [0.4, 0.5) is 32.4 Å². The number of hydrogen-bond donors (Lipinski definition) is 2. The maximum atomic E-state index is 13.8. The van der Waals surface area contributed by atoms with Crippen LogP contribution in [0.2, 0.25) is 0 Å². The molecular weight excluding hydrogens is 449 g/mol. The van der Waals surface area contributed by atoms with Gasteiger partial charge in [0.1, 0.15) is 17.3 Å². The number of rotatable bonds is 3. The van der Waals surface area contributed by atoms with Gasteiger partial charge >= 0.3 is 12.2 Å². The van der Waals surface area contributed by atoms with Crippen LogP contribution in [0, 0.1) is 11.6 Å². The van der Waals surface area contributed by atoms with Crippen LogP contribution in [0.3, 0.4) is 0 Å². The third-order valence-corrected chi connectivity index (χ3v) is 5.15. The van der Waals surface area contributed by atoms with E-state index in [1.807, 2.05) is 0 Å². The Morgan fingerprint density at radius 1 is 1.06 bits per heavy atom. The third kappa shape index (κ3) is 4.36. The number of hydrogen-bond acceptors (Lipinski definition) is 3. The van der Waals surface area contributed by atoms with Crippen molar-refractivity contribution in [1.29, 1.82) is 0 Å². The first-order chi connectivity index (χ1) is 15.5. The Balaban J connectivity index is 1.78. The average Bonchev–Trinajstić information content (AvgIpc) is 3.13. The van der Waals surface area contributed by atoms with E-state index < -0.39 is 35.3 Å². The van der Waals surface area contributed by atoms with Gasteiger partial charge in [-0.25, -0.2) is 13.6 Å². The zero-order valence-corrected chi connectivity index (χ0v) is 16.8. The van der Waals surface area contributed by atoms with Gasteiger partial charge in [0.25, 0.3) is 5.91 Å². The van der Waals surface area contributed by atoms with Crippen LogP contribution in [0.25, 0.3) is 11.3 Å². The lowest BCUT2D eigenvalue weighted by atomic mass is 10.0. The van der Waals surface area contributed by atoms with Crippen molar-refractivity contribution < 1.29 is 31.5 Å². The number of amides is 3. The fourth-order valence-corrected chi connectivity index (χ4v) is 3.60. The summed E-state index contributed by atoms with van der Waals surface area (Å²) in [7, 11) is 0. The quantitative estimate of drug-likeness (QED) is 0.573. The number of aromatic nitrogens is 2. The molecule has 0 saturated carbocycles. The molecule has 0 saturated heterocycles. The molecule has 0 radical (unpaired) electrons. The van der Waals surface area contributed by atoms with Crippen molar-refractivity contribution in [2.24, 2.45) is 5.73 Å². The predicted octanol–water partition coefficient (Wildman–Crippen LogP) is 3.99. The Bertz CT molecular complexity index is 1250. The van der Waals surface area contributed by atoms with E-state index in [-0.39, 0.29) is 47.8 Å². The SMILES string of the molecule is NC(=O)N1CCn2nc(-c3cccc(F)c3)c(C(=O)Nc3ccc(F)c(C(F)(F)F)c3)c2C1. The lowest BCUT2D eigenvalue weighted by Crippen LogP contribution is -2.42. The van der Waals surface area contributed by atoms with Crippen LogP contribution in [0.5, 0.6) is 0 Å². The predicted molar refractivity (Wildman–Crippen MR) is 107 cm³/mol. The molecule has 1 aliphatic rings. The number of urea groups is 1. The van der Waals surface area contributed by atoms with E-state index in [1.165, 1.54) is 27.8 Å². The lowest BCUT2D eigenvalue weighted by molar-refractivity contribution is -0.139. The van der Waals surface area contributed by atoms with Gasteiger partial charge in [-0.15, -0.1) is 0 Å². The summed E-state index contributed by atoms with van der Waals surface area (Å²) in [5.74, 6) is -2.93. The molecule has 1 aromatic heterocycles. The second kappa shape index (κ2) is 8.19. The molecule has 2 heterocycles. The molecule has 7 nitrogen and oxygen atoms in total. The van der Waals surface area contributed by atoms with Crippen LogP contribution >= 0.6 is 0 Å². The van der Waals surface area contributed by atoms with E-state index in [9.17, 15) is 31.5 Å². The van der Waals surface area contributed by atoms with Crippen molar-refractivity contribution in [3.05, 3.63) is 70.9 Å². The number of benzene rings is 2. The van der Waals surface area contributed by atoms with Crippen molar-refractivity contribution in [1.82, 2.24) is 14.7 Å². The van der Waals surface area contributed by atoms with Crippen molar-refractivity contribution in [2.45, 2.75) is 19.3 Å². The lowest BCUT2D eigenvalue weighted by Gasteiger charge is -2.26. The van der Waals surface area contributed by atoms with Crippen LogP contribution in [-0.2, 0) is 19.3 Å². The van der Waals surface area contributed by atoms with Crippen molar-refractivity contribution >= 4 is 17.6 Å². The van der Waals surface area contributed by atoms with E-state index in [0.29, 0.717) is 12.1 Å². The molecule has 0 unspecified atom stereocenters. The standard InChI is InChI=1S/C21H16F5N5O2/c22-12-3-1-2-11(8-12)18-17(16-10-30(20(27)33)6-7-31(16)29-18)19(32)28-13-4-5-15(23)14(9-13)21(24,25)26/h1-5,8-9H,6-7,10H2,(H2,27,33)(H,28,32). The molecule has 0 spiro atoms. The zero-order valence-electron chi connectivity index (χ0n) is 16.8. The first kappa shape index (κ1) is 22.2. The van der Waals surface area contributed by atoms with Crippen molar-refractivity contribution in [3.8, 4) is 11.3 Å². The molecule has 33 heavy (non-hydrogen) atoms. The second-order valence-corrected chi connectivity index (χ2v) is 7.31. The number of fused-ring (bicyclic) bond motifs is 1. The average molecular weight is 465 g/mol. The Labute approximate surface area is 183 Å². The first-order valence-corrected chi connectivity index (χ1v) is 9.62. The van der Waals surface area contributed by atoms with Gasteiger partial charge in [-0.05, 0) is 30.3 Å². The summed E-state index contributed by atoms with van der Waals surface area (Å²) in [6.07, 6.45) is -4.96. The van der Waals surface area contributed by atoms with Crippen LogP contribution in [0.1, 0.15) is 21.6 Å². The van der Waals surface area contributed by atoms with E-state index in [2.05, 4.69) is 10.4 Å². The van der Waals surface area contributed by atoms with E-state index in [1.54, 1.807) is 0 Å². The highest BCUT2D eigenvalue weighted by molar-refractivity contribution is 6.09. The Hall–Kier alpha value is -3.96. The van der Waals surface area contributed by atoms with Gasteiger partial charge in [-0.1, -0.05) is 12.1 Å². The summed E-state index contributed by atoms with van der Waals surface area (Å²) < 4.78 is 68.1. The van der Waals surface area contributed by atoms with Gasteiger partial charge in [-0.2, -0.15) is 18.3 Å². The molecule has 3 N–H and O–H groups in total. The van der Waals surface area contributed by atoms with Gasteiger partial charge in [0.15, 0.2) is 0 Å². The summed E-state index contributed by atoms with van der Waals surface area (Å²) in [5, 5.41) is 6.68. The zero-order chi connectivity index (χ0) is 23.9. The van der Waals surface area contributed by atoms with E-state index in [0.717, 1.165) is 12.1 Å². The number of anilines is 1. The number of nitrogens with two attached hydrogens (primary N) is 1. The summed E-state index contributed by atoms with van der Waals surface area (Å²) in [4.78, 5) is 26.1. The first-order valence-electron chi connectivity index (χ1n) is 9.62. The fourth-order valence-electron chi connectivity index (χ4n) is 3.60. The molecular formula is C21H16F5N5O2. The highest BCUT2D eigenvalue weighted by Crippen LogP contribution is 2.34. The van der Waals surface area contributed by atoms with E-state index >= 15 is 0 Å². The molecule has 0 fully saturated rings. The molecule has 1 aliphatic heterocycles. The number of nitrogens with one attached hydrogen (secondary N) is 1. The summed E-state index contributed by atoms with van der Waals surface area (Å²) in [6, 6.07) is 6.59. The number of halogens is 5. The second-order valence-electron chi connectivity index (χ2n) is 7.31. The molecule has 0 aliphatic carbocycles. The number of alkyl halides is 3. The summed E-state index contributed by atoms with van der Waals surface area (Å²) in [6.45, 7) is 0.334. The van der Waals surface area contributed by atoms with Crippen LogP contribution < -0.4 is 11.1 Å². The highest BCUT2D eigenvalue weighted by atomic mass is 19.4. The van der Waals surface area contributed by atoms with Crippen LogP contribution in [-0.4, -0.2) is 33.2 Å². The number of primary amides is 1. The summed E-state index contributed by atoms with van der Waals surface area (Å²) >= 11 is 0. The molecule has 0 atom stereocenters. The minimum atomic E-state index is -4.96. The van der Waals surface area contributed by atoms with Crippen LogP contribution in [0.15, 0.2) is 42.5 Å². The van der Waals surface area contributed by atoms with Gasteiger partial charge in [0, 0.05) is 17.8 Å². The Morgan fingerprint density at radius 2 is 1.82 bits per heavy atom. The maximum absolute atomic E-state index is 13.8. The number of carbonyl (C=O) groups is 2. The van der Waals surface area contributed by atoms with E-state index in [4.69, 9.17) is 5.73 Å². The van der Waals surface area contributed by atoms with Gasteiger partial charge in [-0.3, -0.25) is 9.48 Å². The van der Waals surface area contributed by atoms with Gasteiger partial charge < -0.3 is 16.0 Å². The van der Waals surface area contributed by atoms with Crippen molar-refractivity contribution in [3.63, 3.8) is 0 Å². The monoisotopic (exact) mass is 465 g/mol. The molecule has 4 rings (SSSR count). The molecule has 172 valence electrons. The van der Waals surface area contributed by atoms with Crippen molar-refractivity contribution in [2.75, 3.05) is 11.9 Å². The maximum Gasteiger partial charge on any atom is 0.419 e. The normalized spacial score (nSPS) is 13.5. The third-order valence-electron chi connectivity index (χ3n) is 5.15. The Morgan fingerprint density at radius 3 is 2.48 bits per heavy atom. The number of nitrogens with zero attached hydrogens (tertiary/aromatic N) is 3. The fraction of sp³-hybridized carbons (Fsp3) is 0.190. The molecule has 12 heteroatoms. The topological polar surface area (TPSA) is 93.2 Å². The highest BCUT2D eigenvalue weighted by Gasteiger charge is 2.35. The van der Waals surface area contributed by atoms with Gasteiger partial charge in [0.05, 0.1) is 29.9 Å². The molecule has 0 bridgehead atoms. The minimum Gasteiger partial charge on any atom is -0.351 e. The summed E-state index contributed by atoms with van der Waals surface area (Å²) in [5.41, 5.74) is 4.04.